The average Bonchev–Trinajstić information content (AvgIpc) is 3.01. The van der Waals surface area contributed by atoms with Crippen LogP contribution in [0.5, 0.6) is 5.75 Å². The second-order valence-electron chi connectivity index (χ2n) is 7.06. The highest BCUT2D eigenvalue weighted by molar-refractivity contribution is 6.30. The molecular weight excluding hydrogens is 396 g/mol. The lowest BCUT2D eigenvalue weighted by Gasteiger charge is -2.29. The molecule has 7 nitrogen and oxygen atoms in total. The molecule has 3 rings (SSSR count). The summed E-state index contributed by atoms with van der Waals surface area (Å²) < 4.78 is 10.6. The van der Waals surface area contributed by atoms with Gasteiger partial charge < -0.3 is 14.8 Å². The van der Waals surface area contributed by atoms with Gasteiger partial charge in [-0.25, -0.2) is 9.69 Å². The molecule has 0 spiro atoms. The molecule has 1 aliphatic rings. The third-order valence-electron chi connectivity index (χ3n) is 4.45. The third kappa shape index (κ3) is 5.06. The van der Waals surface area contributed by atoms with Crippen molar-refractivity contribution in [3.05, 3.63) is 65.2 Å². The molecule has 0 aromatic heterocycles. The zero-order valence-corrected chi connectivity index (χ0v) is 16.8. The van der Waals surface area contributed by atoms with E-state index in [1.165, 1.54) is 0 Å². The Morgan fingerprint density at radius 1 is 1.17 bits per heavy atom. The minimum Gasteiger partial charge on any atom is -0.478 e. The number of nitrogens with one attached hydrogen (secondary N) is 1. The first-order chi connectivity index (χ1) is 13.8. The van der Waals surface area contributed by atoms with E-state index in [-0.39, 0.29) is 13.2 Å². The van der Waals surface area contributed by atoms with Crippen molar-refractivity contribution < 1.29 is 23.9 Å². The lowest BCUT2D eigenvalue weighted by Crippen LogP contribution is -2.50. The van der Waals surface area contributed by atoms with Gasteiger partial charge in [0.15, 0.2) is 12.2 Å². The molecular formula is C21H21ClN2O5. The Kier molecular flexibility index (Phi) is 6.08. The SMILES string of the molecule is CC(C)(Oc1ccc(Cl)cc1)C(=O)NC(CN1C(=O)COC1=O)c1ccccc1. The number of carbonyl (C=O) groups is 3. The standard InChI is InChI=1S/C21H21ClN2O5/c1-21(2,29-16-10-8-15(22)9-11-16)19(26)23-17(14-6-4-3-5-7-14)12-24-18(25)13-28-20(24)27/h3-11,17H,12-13H2,1-2H3,(H,23,26). The number of imide groups is 1. The van der Waals surface area contributed by atoms with Gasteiger partial charge in [0.05, 0.1) is 12.6 Å². The van der Waals surface area contributed by atoms with E-state index in [2.05, 4.69) is 5.32 Å². The molecule has 3 amide bonds. The van der Waals surface area contributed by atoms with E-state index in [0.29, 0.717) is 10.8 Å². The minimum absolute atomic E-state index is 0.0373. The van der Waals surface area contributed by atoms with E-state index in [1.54, 1.807) is 38.1 Å². The second-order valence-corrected chi connectivity index (χ2v) is 7.50. The minimum atomic E-state index is -1.21. The molecule has 29 heavy (non-hydrogen) atoms. The fraction of sp³-hybridized carbons (Fsp3) is 0.286. The molecule has 2 aromatic rings. The molecule has 0 saturated carbocycles. The number of amides is 3. The molecule has 152 valence electrons. The summed E-state index contributed by atoms with van der Waals surface area (Å²) >= 11 is 5.88. The van der Waals surface area contributed by atoms with Gasteiger partial charge in [0.1, 0.15) is 5.75 Å². The molecule has 2 aromatic carbocycles. The summed E-state index contributed by atoms with van der Waals surface area (Å²) in [6, 6.07) is 15.1. The van der Waals surface area contributed by atoms with Crippen LogP contribution in [-0.4, -0.2) is 41.6 Å². The number of cyclic esters (lactones) is 1. The first-order valence-electron chi connectivity index (χ1n) is 9.04. The van der Waals surface area contributed by atoms with Crippen molar-refractivity contribution in [2.24, 2.45) is 0 Å². The molecule has 1 saturated heterocycles. The number of hydrogen-bond acceptors (Lipinski definition) is 5. The summed E-state index contributed by atoms with van der Waals surface area (Å²) in [5, 5.41) is 3.44. The molecule has 0 radical (unpaired) electrons. The van der Waals surface area contributed by atoms with Gasteiger partial charge in [0.25, 0.3) is 11.8 Å². The zero-order valence-electron chi connectivity index (χ0n) is 16.1. The molecule has 1 unspecified atom stereocenters. The third-order valence-corrected chi connectivity index (χ3v) is 4.70. The fourth-order valence-electron chi connectivity index (χ4n) is 2.84. The number of carbonyl (C=O) groups excluding carboxylic acids is 3. The van der Waals surface area contributed by atoms with Crippen molar-refractivity contribution in [2.75, 3.05) is 13.2 Å². The number of rotatable bonds is 7. The Labute approximate surface area is 173 Å². The van der Waals surface area contributed by atoms with E-state index >= 15 is 0 Å². The van der Waals surface area contributed by atoms with Crippen molar-refractivity contribution in [1.82, 2.24) is 10.2 Å². The molecule has 1 atom stereocenters. The van der Waals surface area contributed by atoms with Crippen LogP contribution in [0.1, 0.15) is 25.5 Å². The maximum absolute atomic E-state index is 13.0. The van der Waals surface area contributed by atoms with Gasteiger partial charge >= 0.3 is 6.09 Å². The fourth-order valence-corrected chi connectivity index (χ4v) is 2.96. The smallest absolute Gasteiger partial charge is 0.417 e. The highest BCUT2D eigenvalue weighted by Gasteiger charge is 2.36. The molecule has 1 heterocycles. The van der Waals surface area contributed by atoms with Gasteiger partial charge in [0.2, 0.25) is 0 Å². The quantitative estimate of drug-likeness (QED) is 0.748. The zero-order chi connectivity index (χ0) is 21.0. The Morgan fingerprint density at radius 3 is 2.41 bits per heavy atom. The first-order valence-corrected chi connectivity index (χ1v) is 9.42. The molecule has 0 aliphatic carbocycles. The number of halogens is 1. The van der Waals surface area contributed by atoms with Gasteiger partial charge in [0, 0.05) is 5.02 Å². The average molecular weight is 417 g/mol. The van der Waals surface area contributed by atoms with Crippen LogP contribution < -0.4 is 10.1 Å². The summed E-state index contributed by atoms with van der Waals surface area (Å²) in [6.07, 6.45) is -0.721. The highest BCUT2D eigenvalue weighted by Crippen LogP contribution is 2.23. The predicted molar refractivity (Wildman–Crippen MR) is 107 cm³/mol. The van der Waals surface area contributed by atoms with E-state index in [0.717, 1.165) is 10.5 Å². The maximum atomic E-state index is 13.0. The number of nitrogens with zero attached hydrogens (tertiary/aromatic N) is 1. The lowest BCUT2D eigenvalue weighted by atomic mass is 10.0. The summed E-state index contributed by atoms with van der Waals surface area (Å²) in [7, 11) is 0. The van der Waals surface area contributed by atoms with E-state index in [9.17, 15) is 14.4 Å². The van der Waals surface area contributed by atoms with Crippen LogP contribution >= 0.6 is 11.6 Å². The Balaban J connectivity index is 1.77. The van der Waals surface area contributed by atoms with Crippen molar-refractivity contribution in [2.45, 2.75) is 25.5 Å². The molecule has 8 heteroatoms. The van der Waals surface area contributed by atoms with Crippen LogP contribution in [0.3, 0.4) is 0 Å². The molecule has 1 N–H and O–H groups in total. The molecule has 0 bridgehead atoms. The van der Waals surface area contributed by atoms with Gasteiger partial charge in [-0.15, -0.1) is 0 Å². The topological polar surface area (TPSA) is 84.9 Å². The number of benzene rings is 2. The number of hydrogen-bond donors (Lipinski definition) is 1. The summed E-state index contributed by atoms with van der Waals surface area (Å²) in [5.74, 6) is -0.354. The Morgan fingerprint density at radius 2 is 1.83 bits per heavy atom. The van der Waals surface area contributed by atoms with Gasteiger partial charge in [-0.3, -0.25) is 9.59 Å². The van der Waals surface area contributed by atoms with Crippen LogP contribution in [0.4, 0.5) is 4.79 Å². The highest BCUT2D eigenvalue weighted by atomic mass is 35.5. The number of ether oxygens (including phenoxy) is 2. The van der Waals surface area contributed by atoms with E-state index in [4.69, 9.17) is 21.1 Å². The van der Waals surface area contributed by atoms with E-state index in [1.807, 2.05) is 30.3 Å². The normalized spacial score (nSPS) is 15.1. The lowest BCUT2D eigenvalue weighted by molar-refractivity contribution is -0.135. The van der Waals surface area contributed by atoms with Crippen LogP contribution in [0.15, 0.2) is 54.6 Å². The first kappa shape index (κ1) is 20.7. The van der Waals surface area contributed by atoms with Crippen molar-refractivity contribution in [1.29, 1.82) is 0 Å². The Bertz CT molecular complexity index is 883. The summed E-state index contributed by atoms with van der Waals surface area (Å²) in [4.78, 5) is 37.7. The van der Waals surface area contributed by atoms with Crippen LogP contribution in [0, 0.1) is 0 Å². The van der Waals surface area contributed by atoms with Crippen molar-refractivity contribution in [3.63, 3.8) is 0 Å². The molecule has 1 fully saturated rings. The van der Waals surface area contributed by atoms with E-state index < -0.39 is 29.6 Å². The maximum Gasteiger partial charge on any atom is 0.417 e. The van der Waals surface area contributed by atoms with Crippen LogP contribution in [0.25, 0.3) is 0 Å². The van der Waals surface area contributed by atoms with Crippen molar-refractivity contribution in [3.8, 4) is 5.75 Å². The molecule has 1 aliphatic heterocycles. The summed E-state index contributed by atoms with van der Waals surface area (Å²) in [5.41, 5.74) is -0.466. The van der Waals surface area contributed by atoms with Crippen LogP contribution in [0.2, 0.25) is 5.02 Å². The largest absolute Gasteiger partial charge is 0.478 e. The van der Waals surface area contributed by atoms with Crippen molar-refractivity contribution >= 4 is 29.5 Å². The summed E-state index contributed by atoms with van der Waals surface area (Å²) in [6.45, 7) is 2.94. The van der Waals surface area contributed by atoms with Gasteiger partial charge in [-0.2, -0.15) is 0 Å². The Hall–Kier alpha value is -3.06. The predicted octanol–water partition coefficient (Wildman–Crippen LogP) is 3.33. The second kappa shape index (κ2) is 8.53. The monoisotopic (exact) mass is 416 g/mol. The van der Waals surface area contributed by atoms with Gasteiger partial charge in [-0.05, 0) is 43.7 Å². The van der Waals surface area contributed by atoms with Crippen LogP contribution in [-0.2, 0) is 14.3 Å². The van der Waals surface area contributed by atoms with Gasteiger partial charge in [-0.1, -0.05) is 41.9 Å².